The van der Waals surface area contributed by atoms with Crippen LogP contribution < -0.4 is 5.32 Å². The minimum absolute atomic E-state index is 0.0166. The highest BCUT2D eigenvalue weighted by atomic mass is 32.1. The number of carbonyl (C=O) groups excluding carboxylic acids is 2. The van der Waals surface area contributed by atoms with Gasteiger partial charge in [-0.15, -0.1) is 11.3 Å². The summed E-state index contributed by atoms with van der Waals surface area (Å²) in [5, 5.41) is 4.97. The van der Waals surface area contributed by atoms with Crippen molar-refractivity contribution >= 4 is 28.8 Å². The molecule has 2 amide bonds. The number of benzene rings is 1. The standard InChI is InChI=1S/C19H22N2O2S/c1-14-4-6-16(7-5-14)20-19(23)15-8-10-21(11-9-15)18(22)13-17-3-2-12-24-17/h2-7,12,15H,8-11,13H2,1H3,(H,20,23). The van der Waals surface area contributed by atoms with E-state index in [0.717, 1.165) is 23.4 Å². The van der Waals surface area contributed by atoms with E-state index in [1.807, 2.05) is 53.6 Å². The molecule has 1 aromatic carbocycles. The number of nitrogens with zero attached hydrogens (tertiary/aromatic N) is 1. The number of aryl methyl sites for hydroxylation is 1. The molecule has 0 spiro atoms. The molecule has 1 aromatic heterocycles. The van der Waals surface area contributed by atoms with Crippen molar-refractivity contribution < 1.29 is 9.59 Å². The molecule has 0 atom stereocenters. The molecule has 0 aliphatic carbocycles. The van der Waals surface area contributed by atoms with Crippen LogP contribution in [0.25, 0.3) is 0 Å². The lowest BCUT2D eigenvalue weighted by atomic mass is 9.95. The number of thiophene rings is 1. The number of rotatable bonds is 4. The van der Waals surface area contributed by atoms with E-state index < -0.39 is 0 Å². The van der Waals surface area contributed by atoms with E-state index in [-0.39, 0.29) is 17.7 Å². The summed E-state index contributed by atoms with van der Waals surface area (Å²) in [5.74, 6) is 0.205. The first-order valence-corrected chi connectivity index (χ1v) is 9.17. The molecule has 0 unspecified atom stereocenters. The summed E-state index contributed by atoms with van der Waals surface area (Å²) in [4.78, 5) is 27.7. The van der Waals surface area contributed by atoms with Crippen LogP contribution in [0, 0.1) is 12.8 Å². The van der Waals surface area contributed by atoms with Gasteiger partial charge in [-0.05, 0) is 43.3 Å². The molecule has 5 heteroatoms. The van der Waals surface area contributed by atoms with Crippen molar-refractivity contribution in [3.05, 3.63) is 52.2 Å². The van der Waals surface area contributed by atoms with E-state index in [9.17, 15) is 9.59 Å². The third-order valence-electron chi connectivity index (χ3n) is 4.44. The lowest BCUT2D eigenvalue weighted by molar-refractivity contribution is -0.133. The highest BCUT2D eigenvalue weighted by Gasteiger charge is 2.27. The molecule has 1 aliphatic rings. The zero-order valence-electron chi connectivity index (χ0n) is 13.8. The maximum Gasteiger partial charge on any atom is 0.227 e. The minimum atomic E-state index is -0.0166. The van der Waals surface area contributed by atoms with Gasteiger partial charge in [0.2, 0.25) is 11.8 Å². The Labute approximate surface area is 146 Å². The van der Waals surface area contributed by atoms with Crippen LogP contribution in [0.5, 0.6) is 0 Å². The lowest BCUT2D eigenvalue weighted by Gasteiger charge is -2.31. The third-order valence-corrected chi connectivity index (χ3v) is 5.32. The van der Waals surface area contributed by atoms with E-state index in [4.69, 9.17) is 0 Å². The summed E-state index contributed by atoms with van der Waals surface area (Å²) >= 11 is 1.61. The Kier molecular flexibility index (Phi) is 5.30. The molecule has 2 heterocycles. The second-order valence-corrected chi connectivity index (χ2v) is 7.30. The van der Waals surface area contributed by atoms with Gasteiger partial charge in [-0.25, -0.2) is 0 Å². The Bertz CT molecular complexity index is 687. The molecule has 0 saturated carbocycles. The van der Waals surface area contributed by atoms with Gasteiger partial charge in [-0.1, -0.05) is 23.8 Å². The van der Waals surface area contributed by atoms with Gasteiger partial charge in [-0.2, -0.15) is 0 Å². The molecule has 24 heavy (non-hydrogen) atoms. The molecule has 126 valence electrons. The Morgan fingerprint density at radius 2 is 1.88 bits per heavy atom. The molecule has 2 aromatic rings. The molecule has 1 saturated heterocycles. The molecule has 0 radical (unpaired) electrons. The largest absolute Gasteiger partial charge is 0.342 e. The predicted octanol–water partition coefficient (Wildman–Crippen LogP) is 3.48. The van der Waals surface area contributed by atoms with Gasteiger partial charge in [0.1, 0.15) is 0 Å². The normalized spacial score (nSPS) is 15.3. The molecule has 1 aliphatic heterocycles. The first-order chi connectivity index (χ1) is 11.6. The van der Waals surface area contributed by atoms with Gasteiger partial charge in [0, 0.05) is 29.6 Å². The van der Waals surface area contributed by atoms with Gasteiger partial charge in [-0.3, -0.25) is 9.59 Å². The van der Waals surface area contributed by atoms with Crippen molar-refractivity contribution in [2.24, 2.45) is 5.92 Å². The lowest BCUT2D eigenvalue weighted by Crippen LogP contribution is -2.42. The number of amides is 2. The van der Waals surface area contributed by atoms with Crippen molar-refractivity contribution in [2.75, 3.05) is 18.4 Å². The maximum atomic E-state index is 12.4. The molecule has 1 fully saturated rings. The molecular weight excluding hydrogens is 320 g/mol. The van der Waals surface area contributed by atoms with Crippen molar-refractivity contribution in [1.29, 1.82) is 0 Å². The average molecular weight is 342 g/mol. The van der Waals surface area contributed by atoms with Gasteiger partial charge < -0.3 is 10.2 Å². The second-order valence-electron chi connectivity index (χ2n) is 6.27. The fraction of sp³-hybridized carbons (Fsp3) is 0.368. The number of hydrogen-bond acceptors (Lipinski definition) is 3. The number of hydrogen-bond donors (Lipinski definition) is 1. The average Bonchev–Trinajstić information content (AvgIpc) is 3.10. The van der Waals surface area contributed by atoms with Gasteiger partial charge in [0.25, 0.3) is 0 Å². The molecule has 1 N–H and O–H groups in total. The number of likely N-dealkylation sites (tertiary alicyclic amines) is 1. The summed E-state index contributed by atoms with van der Waals surface area (Å²) in [6.07, 6.45) is 1.93. The van der Waals surface area contributed by atoms with E-state index >= 15 is 0 Å². The molecule has 3 rings (SSSR count). The van der Waals surface area contributed by atoms with Crippen LogP contribution in [0.15, 0.2) is 41.8 Å². The summed E-state index contributed by atoms with van der Waals surface area (Å²) in [6.45, 7) is 3.35. The summed E-state index contributed by atoms with van der Waals surface area (Å²) in [6, 6.07) is 11.8. The van der Waals surface area contributed by atoms with E-state index in [1.165, 1.54) is 5.56 Å². The van der Waals surface area contributed by atoms with Crippen LogP contribution in [0.1, 0.15) is 23.3 Å². The van der Waals surface area contributed by atoms with Crippen molar-refractivity contribution in [1.82, 2.24) is 4.90 Å². The van der Waals surface area contributed by atoms with Gasteiger partial charge in [0.05, 0.1) is 6.42 Å². The smallest absolute Gasteiger partial charge is 0.227 e. The zero-order valence-corrected chi connectivity index (χ0v) is 14.6. The Hall–Kier alpha value is -2.14. The van der Waals surface area contributed by atoms with Gasteiger partial charge >= 0.3 is 0 Å². The van der Waals surface area contributed by atoms with E-state index in [1.54, 1.807) is 11.3 Å². The predicted molar refractivity (Wildman–Crippen MR) is 97.1 cm³/mol. The number of anilines is 1. The van der Waals surface area contributed by atoms with Crippen molar-refractivity contribution in [3.8, 4) is 0 Å². The van der Waals surface area contributed by atoms with Crippen LogP contribution in [-0.4, -0.2) is 29.8 Å². The van der Waals surface area contributed by atoms with Crippen LogP contribution in [0.3, 0.4) is 0 Å². The van der Waals surface area contributed by atoms with Crippen molar-refractivity contribution in [2.45, 2.75) is 26.2 Å². The maximum absolute atomic E-state index is 12.4. The van der Waals surface area contributed by atoms with Crippen LogP contribution in [-0.2, 0) is 16.0 Å². The number of carbonyl (C=O) groups is 2. The quantitative estimate of drug-likeness (QED) is 0.925. The van der Waals surface area contributed by atoms with Crippen LogP contribution in [0.2, 0.25) is 0 Å². The summed E-state index contributed by atoms with van der Waals surface area (Å²) in [5.41, 5.74) is 2.01. The highest BCUT2D eigenvalue weighted by Crippen LogP contribution is 2.21. The first kappa shape index (κ1) is 16.7. The fourth-order valence-electron chi connectivity index (χ4n) is 2.95. The first-order valence-electron chi connectivity index (χ1n) is 8.29. The second kappa shape index (κ2) is 7.62. The Morgan fingerprint density at radius 1 is 1.17 bits per heavy atom. The van der Waals surface area contributed by atoms with Crippen LogP contribution in [0.4, 0.5) is 5.69 Å². The van der Waals surface area contributed by atoms with E-state index in [0.29, 0.717) is 19.5 Å². The molecule has 0 bridgehead atoms. The monoisotopic (exact) mass is 342 g/mol. The summed E-state index contributed by atoms with van der Waals surface area (Å²) < 4.78 is 0. The third kappa shape index (κ3) is 4.23. The van der Waals surface area contributed by atoms with Crippen LogP contribution >= 0.6 is 11.3 Å². The Balaban J connectivity index is 1.48. The SMILES string of the molecule is Cc1ccc(NC(=O)C2CCN(C(=O)Cc3cccs3)CC2)cc1. The zero-order chi connectivity index (χ0) is 16.9. The summed E-state index contributed by atoms with van der Waals surface area (Å²) in [7, 11) is 0. The highest BCUT2D eigenvalue weighted by molar-refractivity contribution is 7.10. The number of nitrogens with one attached hydrogen (secondary N) is 1. The number of piperidine rings is 1. The van der Waals surface area contributed by atoms with E-state index in [2.05, 4.69) is 5.32 Å². The van der Waals surface area contributed by atoms with Gasteiger partial charge in [0.15, 0.2) is 0 Å². The topological polar surface area (TPSA) is 49.4 Å². The Morgan fingerprint density at radius 3 is 2.50 bits per heavy atom. The molecular formula is C19H22N2O2S. The van der Waals surface area contributed by atoms with Crippen molar-refractivity contribution in [3.63, 3.8) is 0 Å². The fourth-order valence-corrected chi connectivity index (χ4v) is 3.64. The molecule has 4 nitrogen and oxygen atoms in total. The minimum Gasteiger partial charge on any atom is -0.342 e.